The second-order valence-corrected chi connectivity index (χ2v) is 5.62. The number of nitrogens with zero attached hydrogens (tertiary/aromatic N) is 1. The molecule has 0 aliphatic rings. The van der Waals surface area contributed by atoms with E-state index < -0.39 is 0 Å². The van der Waals surface area contributed by atoms with E-state index in [1.807, 2.05) is 19.2 Å². The first-order chi connectivity index (χ1) is 10.7. The van der Waals surface area contributed by atoms with Crippen molar-refractivity contribution in [2.24, 2.45) is 4.99 Å². The minimum atomic E-state index is -0.189. The zero-order valence-electron chi connectivity index (χ0n) is 13.6. The molecule has 0 amide bonds. The maximum atomic E-state index is 13.3. The van der Waals surface area contributed by atoms with Crippen molar-refractivity contribution in [1.82, 2.24) is 10.6 Å². The van der Waals surface area contributed by atoms with Crippen molar-refractivity contribution < 1.29 is 9.13 Å². The van der Waals surface area contributed by atoms with E-state index in [0.29, 0.717) is 6.54 Å². The molecule has 0 spiro atoms. The zero-order chi connectivity index (χ0) is 16.2. The van der Waals surface area contributed by atoms with E-state index in [4.69, 9.17) is 4.74 Å². The SMILES string of the molecule is CCOCCCNC(=NC)NCc1ccc(F)cc1CSC. The fraction of sp³-hybridized carbons (Fsp3) is 0.562. The van der Waals surface area contributed by atoms with Gasteiger partial charge in [0.1, 0.15) is 5.82 Å². The van der Waals surface area contributed by atoms with Gasteiger partial charge in [-0.2, -0.15) is 11.8 Å². The van der Waals surface area contributed by atoms with Crippen LogP contribution in [0.4, 0.5) is 4.39 Å². The highest BCUT2D eigenvalue weighted by Gasteiger charge is 2.05. The molecule has 1 aromatic carbocycles. The van der Waals surface area contributed by atoms with E-state index in [0.717, 1.165) is 49.0 Å². The summed E-state index contributed by atoms with van der Waals surface area (Å²) < 4.78 is 18.6. The Morgan fingerprint density at radius 3 is 2.82 bits per heavy atom. The van der Waals surface area contributed by atoms with E-state index in [9.17, 15) is 4.39 Å². The lowest BCUT2D eigenvalue weighted by atomic mass is 10.1. The number of ether oxygens (including phenoxy) is 1. The second-order valence-electron chi connectivity index (χ2n) is 4.75. The highest BCUT2D eigenvalue weighted by Crippen LogP contribution is 2.16. The fourth-order valence-corrected chi connectivity index (χ4v) is 2.56. The van der Waals surface area contributed by atoms with Gasteiger partial charge >= 0.3 is 0 Å². The minimum Gasteiger partial charge on any atom is -0.382 e. The van der Waals surface area contributed by atoms with Crippen LogP contribution in [-0.4, -0.2) is 39.0 Å². The van der Waals surface area contributed by atoms with E-state index in [2.05, 4.69) is 15.6 Å². The molecular formula is C16H26FN3OS. The smallest absolute Gasteiger partial charge is 0.191 e. The van der Waals surface area contributed by atoms with Crippen LogP contribution in [0.5, 0.6) is 0 Å². The summed E-state index contributed by atoms with van der Waals surface area (Å²) in [5, 5.41) is 6.50. The van der Waals surface area contributed by atoms with Gasteiger partial charge in [-0.25, -0.2) is 4.39 Å². The third-order valence-corrected chi connectivity index (χ3v) is 3.70. The lowest BCUT2D eigenvalue weighted by Crippen LogP contribution is -2.37. The summed E-state index contributed by atoms with van der Waals surface area (Å²) >= 11 is 1.68. The lowest BCUT2D eigenvalue weighted by molar-refractivity contribution is 0.145. The summed E-state index contributed by atoms with van der Waals surface area (Å²) in [5.41, 5.74) is 2.11. The number of rotatable bonds is 9. The number of hydrogen-bond donors (Lipinski definition) is 2. The van der Waals surface area contributed by atoms with Gasteiger partial charge in [-0.15, -0.1) is 0 Å². The second kappa shape index (κ2) is 11.3. The van der Waals surface area contributed by atoms with E-state index in [1.165, 1.54) is 6.07 Å². The van der Waals surface area contributed by atoms with E-state index in [1.54, 1.807) is 24.9 Å². The van der Waals surface area contributed by atoms with Crippen molar-refractivity contribution in [3.05, 3.63) is 35.1 Å². The van der Waals surface area contributed by atoms with Gasteiger partial charge in [-0.05, 0) is 42.9 Å². The van der Waals surface area contributed by atoms with Crippen molar-refractivity contribution in [2.45, 2.75) is 25.6 Å². The van der Waals surface area contributed by atoms with Crippen LogP contribution in [0.15, 0.2) is 23.2 Å². The summed E-state index contributed by atoms with van der Waals surface area (Å²) in [7, 11) is 1.74. The molecule has 6 heteroatoms. The monoisotopic (exact) mass is 327 g/mol. The third-order valence-electron chi connectivity index (χ3n) is 3.10. The molecule has 0 aliphatic carbocycles. The quantitative estimate of drug-likeness (QED) is 0.416. The molecule has 0 saturated carbocycles. The Kier molecular flexibility index (Phi) is 9.66. The molecule has 124 valence electrons. The van der Waals surface area contributed by atoms with Crippen molar-refractivity contribution in [3.63, 3.8) is 0 Å². The third kappa shape index (κ3) is 7.13. The van der Waals surface area contributed by atoms with E-state index in [-0.39, 0.29) is 5.82 Å². The van der Waals surface area contributed by atoms with Crippen LogP contribution in [0.2, 0.25) is 0 Å². The number of halogens is 1. The maximum absolute atomic E-state index is 13.3. The first-order valence-electron chi connectivity index (χ1n) is 7.49. The van der Waals surface area contributed by atoms with Crippen LogP contribution in [0.25, 0.3) is 0 Å². The van der Waals surface area contributed by atoms with Gasteiger partial charge < -0.3 is 15.4 Å². The topological polar surface area (TPSA) is 45.6 Å². The van der Waals surface area contributed by atoms with Crippen molar-refractivity contribution >= 4 is 17.7 Å². The van der Waals surface area contributed by atoms with Crippen LogP contribution in [-0.2, 0) is 17.0 Å². The molecule has 0 bridgehead atoms. The number of benzene rings is 1. The van der Waals surface area contributed by atoms with Crippen molar-refractivity contribution in [2.75, 3.05) is 33.1 Å². The average Bonchev–Trinajstić information content (AvgIpc) is 2.52. The Balaban J connectivity index is 2.46. The predicted octanol–water partition coefficient (Wildman–Crippen LogP) is 2.78. The van der Waals surface area contributed by atoms with Crippen LogP contribution in [0, 0.1) is 5.82 Å². The molecule has 0 atom stereocenters. The number of guanidine groups is 1. The van der Waals surface area contributed by atoms with Gasteiger partial charge in [-0.3, -0.25) is 4.99 Å². The van der Waals surface area contributed by atoms with Gasteiger partial charge in [0.2, 0.25) is 0 Å². The molecule has 0 aliphatic heterocycles. The molecule has 0 aromatic heterocycles. The normalized spacial score (nSPS) is 11.5. The Morgan fingerprint density at radius 1 is 1.32 bits per heavy atom. The highest BCUT2D eigenvalue weighted by atomic mass is 32.2. The summed E-state index contributed by atoms with van der Waals surface area (Å²) in [6.07, 6.45) is 2.95. The predicted molar refractivity (Wildman–Crippen MR) is 92.9 cm³/mol. The van der Waals surface area contributed by atoms with Gasteiger partial charge in [0.15, 0.2) is 5.96 Å². The lowest BCUT2D eigenvalue weighted by Gasteiger charge is -2.14. The molecule has 1 aromatic rings. The standard InChI is InChI=1S/C16H26FN3OS/c1-4-21-9-5-8-19-16(18-2)20-11-13-6-7-15(17)10-14(13)12-22-3/h6-7,10H,4-5,8-9,11-12H2,1-3H3,(H2,18,19,20). The van der Waals surface area contributed by atoms with Crippen LogP contribution in [0.3, 0.4) is 0 Å². The largest absolute Gasteiger partial charge is 0.382 e. The van der Waals surface area contributed by atoms with Gasteiger partial charge in [0.25, 0.3) is 0 Å². The Hall–Kier alpha value is -1.27. The van der Waals surface area contributed by atoms with Crippen LogP contribution in [0.1, 0.15) is 24.5 Å². The average molecular weight is 327 g/mol. The van der Waals surface area contributed by atoms with Gasteiger partial charge in [0, 0.05) is 39.1 Å². The fourth-order valence-electron chi connectivity index (χ4n) is 1.98. The molecule has 1 rings (SSSR count). The number of aliphatic imine (C=N–C) groups is 1. The number of nitrogens with one attached hydrogen (secondary N) is 2. The minimum absolute atomic E-state index is 0.189. The van der Waals surface area contributed by atoms with Crippen molar-refractivity contribution in [1.29, 1.82) is 0 Å². The number of thioether (sulfide) groups is 1. The first-order valence-corrected chi connectivity index (χ1v) is 8.89. The Labute approximate surface area is 136 Å². The molecule has 0 fully saturated rings. The summed E-state index contributed by atoms with van der Waals surface area (Å²) in [4.78, 5) is 4.19. The first kappa shape index (κ1) is 18.8. The maximum Gasteiger partial charge on any atom is 0.191 e. The molecule has 2 N–H and O–H groups in total. The summed E-state index contributed by atoms with van der Waals surface area (Å²) in [5.74, 6) is 1.36. The van der Waals surface area contributed by atoms with Crippen LogP contribution < -0.4 is 10.6 Å². The summed E-state index contributed by atoms with van der Waals surface area (Å²) in [6.45, 7) is 4.91. The molecular weight excluding hydrogens is 301 g/mol. The van der Waals surface area contributed by atoms with Crippen molar-refractivity contribution in [3.8, 4) is 0 Å². The van der Waals surface area contributed by atoms with Crippen LogP contribution >= 0.6 is 11.8 Å². The van der Waals surface area contributed by atoms with E-state index >= 15 is 0 Å². The van der Waals surface area contributed by atoms with Gasteiger partial charge in [0.05, 0.1) is 0 Å². The highest BCUT2D eigenvalue weighted by molar-refractivity contribution is 7.97. The Morgan fingerprint density at radius 2 is 2.14 bits per heavy atom. The zero-order valence-corrected chi connectivity index (χ0v) is 14.4. The number of hydrogen-bond acceptors (Lipinski definition) is 3. The molecule has 0 heterocycles. The van der Waals surface area contributed by atoms with Gasteiger partial charge in [-0.1, -0.05) is 6.07 Å². The summed E-state index contributed by atoms with van der Waals surface area (Å²) in [6, 6.07) is 4.93. The molecule has 0 unspecified atom stereocenters. The molecule has 4 nitrogen and oxygen atoms in total. The molecule has 0 saturated heterocycles. The molecule has 0 radical (unpaired) electrons. The molecule has 22 heavy (non-hydrogen) atoms. The Bertz CT molecular complexity index is 469.